The van der Waals surface area contributed by atoms with Gasteiger partial charge in [-0.1, -0.05) is 48.0 Å². The van der Waals surface area contributed by atoms with E-state index < -0.39 is 21.3 Å². The molecule has 0 amide bonds. The van der Waals surface area contributed by atoms with E-state index in [-0.39, 0.29) is 6.04 Å². The lowest BCUT2D eigenvalue weighted by Gasteiger charge is -2.24. The Kier molecular flexibility index (Phi) is 7.00. The van der Waals surface area contributed by atoms with Crippen LogP contribution < -0.4 is 4.72 Å². The van der Waals surface area contributed by atoms with Crippen LogP contribution in [0.4, 0.5) is 0 Å². The van der Waals surface area contributed by atoms with Crippen molar-refractivity contribution >= 4 is 44.0 Å². The third kappa shape index (κ3) is 5.26. The predicted octanol–water partition coefficient (Wildman–Crippen LogP) is 6.99. The first kappa shape index (κ1) is 25.0. The van der Waals surface area contributed by atoms with Gasteiger partial charge < -0.3 is 5.11 Å². The standard InChI is InChI=1S/C27H29ClN2O2S2/c1-26(2,3)34(32)30-24(19-10-6-7-12-21(19)28)23-15-17-9-8-11-20(25(17)33-23)22-16-18(13-14-29-22)27(4,5)31/h6-16,24,30-31H,1-5H3. The van der Waals surface area contributed by atoms with Gasteiger partial charge in [-0.2, -0.15) is 0 Å². The average molecular weight is 513 g/mol. The molecule has 0 radical (unpaired) electrons. The largest absolute Gasteiger partial charge is 0.386 e. The number of thiophene rings is 1. The maximum absolute atomic E-state index is 13.1. The summed E-state index contributed by atoms with van der Waals surface area (Å²) in [5, 5.41) is 12.2. The molecule has 0 saturated carbocycles. The number of fused-ring (bicyclic) bond motifs is 1. The number of nitrogens with zero attached hydrogens (tertiary/aromatic N) is 1. The Morgan fingerprint density at radius 1 is 1.03 bits per heavy atom. The average Bonchev–Trinajstić information content (AvgIpc) is 3.21. The zero-order valence-electron chi connectivity index (χ0n) is 19.9. The Balaban J connectivity index is 1.85. The molecule has 2 N–H and O–H groups in total. The van der Waals surface area contributed by atoms with Crippen molar-refractivity contribution in [3.05, 3.63) is 87.9 Å². The molecule has 0 aliphatic heterocycles. The van der Waals surface area contributed by atoms with Crippen molar-refractivity contribution in [2.24, 2.45) is 0 Å². The van der Waals surface area contributed by atoms with Crippen molar-refractivity contribution in [2.75, 3.05) is 0 Å². The zero-order chi connectivity index (χ0) is 24.7. The second-order valence-electron chi connectivity index (χ2n) is 9.81. The van der Waals surface area contributed by atoms with E-state index in [1.54, 1.807) is 31.4 Å². The highest BCUT2D eigenvalue weighted by Crippen LogP contribution is 2.40. The van der Waals surface area contributed by atoms with E-state index in [1.807, 2.05) is 69.3 Å². The van der Waals surface area contributed by atoms with Gasteiger partial charge in [0.2, 0.25) is 0 Å². The SMILES string of the molecule is CC(C)(O)c1ccnc(-c2cccc3cc(C(NS(=O)C(C)(C)C)c4ccccc4Cl)sc23)c1. The fourth-order valence-corrected chi connectivity index (χ4v) is 6.05. The van der Waals surface area contributed by atoms with Gasteiger partial charge in [-0.15, -0.1) is 11.3 Å². The first-order valence-corrected chi connectivity index (χ1v) is 13.4. The smallest absolute Gasteiger partial charge is 0.0979 e. The molecule has 0 fully saturated rings. The quantitative estimate of drug-likeness (QED) is 0.293. The van der Waals surface area contributed by atoms with E-state index in [0.717, 1.165) is 37.3 Å². The maximum atomic E-state index is 13.1. The van der Waals surface area contributed by atoms with E-state index in [9.17, 15) is 9.32 Å². The number of aromatic nitrogens is 1. The molecule has 0 aliphatic carbocycles. The maximum Gasteiger partial charge on any atom is 0.0979 e. The molecule has 2 heterocycles. The number of halogens is 1. The first-order chi connectivity index (χ1) is 15.9. The monoisotopic (exact) mass is 512 g/mol. The molecule has 7 heteroatoms. The lowest BCUT2D eigenvalue weighted by atomic mass is 9.97. The first-order valence-electron chi connectivity index (χ1n) is 11.1. The Bertz CT molecular complexity index is 1350. The summed E-state index contributed by atoms with van der Waals surface area (Å²) in [5.74, 6) is 0. The predicted molar refractivity (Wildman–Crippen MR) is 145 cm³/mol. The molecule has 2 atom stereocenters. The van der Waals surface area contributed by atoms with Crippen LogP contribution in [0.5, 0.6) is 0 Å². The zero-order valence-corrected chi connectivity index (χ0v) is 22.3. The number of nitrogens with one attached hydrogen (secondary N) is 1. The molecule has 4 rings (SSSR count). The van der Waals surface area contributed by atoms with E-state index in [4.69, 9.17) is 11.6 Å². The van der Waals surface area contributed by atoms with Crippen LogP contribution in [0.15, 0.2) is 66.9 Å². The minimum atomic E-state index is -1.29. The minimum absolute atomic E-state index is 0.324. The minimum Gasteiger partial charge on any atom is -0.386 e. The van der Waals surface area contributed by atoms with E-state index >= 15 is 0 Å². The molecule has 2 unspecified atom stereocenters. The number of hydrogen-bond donors (Lipinski definition) is 2. The summed E-state index contributed by atoms with van der Waals surface area (Å²) < 4.78 is 17.1. The normalized spacial score (nSPS) is 14.3. The number of hydrogen-bond acceptors (Lipinski definition) is 4. The number of rotatable bonds is 6. The van der Waals surface area contributed by atoms with Gasteiger partial charge in [0.05, 0.1) is 33.1 Å². The second-order valence-corrected chi connectivity index (χ2v) is 13.3. The van der Waals surface area contributed by atoms with Crippen molar-refractivity contribution in [1.29, 1.82) is 0 Å². The number of benzene rings is 2. The number of aliphatic hydroxyl groups is 1. The molecule has 0 saturated heterocycles. The summed E-state index contributed by atoms with van der Waals surface area (Å²) in [7, 11) is -1.29. The molecule has 178 valence electrons. The second kappa shape index (κ2) is 9.51. The van der Waals surface area contributed by atoms with Crippen molar-refractivity contribution in [1.82, 2.24) is 9.71 Å². The van der Waals surface area contributed by atoms with Crippen molar-refractivity contribution in [2.45, 2.75) is 51.0 Å². The van der Waals surface area contributed by atoms with Crippen LogP contribution in [0.1, 0.15) is 56.7 Å². The molecule has 0 bridgehead atoms. The van der Waals surface area contributed by atoms with Crippen LogP contribution in [0.3, 0.4) is 0 Å². The van der Waals surface area contributed by atoms with Crippen molar-refractivity contribution in [3.63, 3.8) is 0 Å². The highest BCUT2D eigenvalue weighted by Gasteiger charge is 2.27. The summed E-state index contributed by atoms with van der Waals surface area (Å²) in [6.45, 7) is 9.38. The summed E-state index contributed by atoms with van der Waals surface area (Å²) >= 11 is 8.22. The van der Waals surface area contributed by atoms with Gasteiger partial charge in [-0.25, -0.2) is 8.93 Å². The van der Waals surface area contributed by atoms with Crippen LogP contribution in [0.2, 0.25) is 5.02 Å². The lowest BCUT2D eigenvalue weighted by Crippen LogP contribution is -2.36. The van der Waals surface area contributed by atoms with Gasteiger partial charge in [-0.3, -0.25) is 4.98 Å². The summed E-state index contributed by atoms with van der Waals surface area (Å²) in [6.07, 6.45) is 1.73. The lowest BCUT2D eigenvalue weighted by molar-refractivity contribution is 0.0785. The fourth-order valence-electron chi connectivity index (χ4n) is 3.65. The molecular formula is C27H29ClN2O2S2. The highest BCUT2D eigenvalue weighted by atomic mass is 35.5. The topological polar surface area (TPSA) is 62.2 Å². The van der Waals surface area contributed by atoms with Crippen LogP contribution in [0.25, 0.3) is 21.3 Å². The number of pyridine rings is 1. The molecule has 0 aliphatic rings. The molecule has 4 aromatic rings. The highest BCUT2D eigenvalue weighted by molar-refractivity contribution is 7.84. The summed E-state index contributed by atoms with van der Waals surface area (Å²) in [6, 6.07) is 19.4. The summed E-state index contributed by atoms with van der Waals surface area (Å²) in [5.41, 5.74) is 2.54. The molecular weight excluding hydrogens is 484 g/mol. The van der Waals surface area contributed by atoms with Crippen LogP contribution in [-0.2, 0) is 16.6 Å². The molecule has 0 spiro atoms. The van der Waals surface area contributed by atoms with Crippen LogP contribution in [-0.4, -0.2) is 19.0 Å². The van der Waals surface area contributed by atoms with E-state index in [0.29, 0.717) is 5.02 Å². The van der Waals surface area contributed by atoms with Gasteiger partial charge in [0.1, 0.15) is 0 Å². The van der Waals surface area contributed by atoms with Gasteiger partial charge in [0.15, 0.2) is 0 Å². The molecule has 34 heavy (non-hydrogen) atoms. The third-order valence-electron chi connectivity index (χ3n) is 5.59. The van der Waals surface area contributed by atoms with Gasteiger partial charge in [0.25, 0.3) is 0 Å². The third-order valence-corrected chi connectivity index (χ3v) is 8.74. The van der Waals surface area contributed by atoms with E-state index in [2.05, 4.69) is 21.8 Å². The Labute approximate surface area is 212 Å². The molecule has 4 nitrogen and oxygen atoms in total. The summed E-state index contributed by atoms with van der Waals surface area (Å²) in [4.78, 5) is 5.61. The van der Waals surface area contributed by atoms with Gasteiger partial charge >= 0.3 is 0 Å². The molecule has 2 aromatic heterocycles. The van der Waals surface area contributed by atoms with Gasteiger partial charge in [0, 0.05) is 26.4 Å². The van der Waals surface area contributed by atoms with E-state index in [1.165, 1.54) is 0 Å². The van der Waals surface area contributed by atoms with Crippen LogP contribution in [0, 0.1) is 0 Å². The molecule has 2 aromatic carbocycles. The Morgan fingerprint density at radius 2 is 1.76 bits per heavy atom. The van der Waals surface area contributed by atoms with Crippen LogP contribution >= 0.6 is 22.9 Å². The van der Waals surface area contributed by atoms with Crippen molar-refractivity contribution in [3.8, 4) is 11.3 Å². The Hall–Kier alpha value is -2.09. The van der Waals surface area contributed by atoms with Gasteiger partial charge in [-0.05, 0) is 75.4 Å². The van der Waals surface area contributed by atoms with Crippen molar-refractivity contribution < 1.29 is 9.32 Å². The fraction of sp³-hybridized carbons (Fsp3) is 0.296. The Morgan fingerprint density at radius 3 is 2.44 bits per heavy atom.